The molecule has 0 aliphatic carbocycles. The van der Waals surface area contributed by atoms with Crippen LogP contribution in [0.15, 0.2) is 53.0 Å². The average Bonchev–Trinajstić information content (AvgIpc) is 3.26. The molecule has 0 aliphatic rings. The molecule has 2 aromatic heterocycles. The van der Waals surface area contributed by atoms with Gasteiger partial charge in [0.2, 0.25) is 15.2 Å². The van der Waals surface area contributed by atoms with Crippen molar-refractivity contribution in [3.05, 3.63) is 53.8 Å². The molecule has 0 aliphatic heterocycles. The number of nitrogens with one attached hydrogen (secondary N) is 1. The molecule has 126 valence electrons. The van der Waals surface area contributed by atoms with Gasteiger partial charge in [-0.2, -0.15) is 5.10 Å². The second kappa shape index (κ2) is 7.12. The third-order valence-electron chi connectivity index (χ3n) is 3.26. The van der Waals surface area contributed by atoms with Gasteiger partial charge < -0.3 is 4.74 Å². The van der Waals surface area contributed by atoms with Crippen molar-refractivity contribution < 1.29 is 13.2 Å². The van der Waals surface area contributed by atoms with E-state index in [-0.39, 0.29) is 11.4 Å². The predicted molar refractivity (Wildman–Crippen MR) is 91.1 cm³/mol. The number of sulfonamides is 1. The van der Waals surface area contributed by atoms with Gasteiger partial charge in [0.1, 0.15) is 5.75 Å². The number of nitrogens with zero attached hydrogens (tertiary/aromatic N) is 3. The van der Waals surface area contributed by atoms with Crippen LogP contribution in [-0.2, 0) is 16.4 Å². The molecule has 9 heteroatoms. The molecule has 0 saturated carbocycles. The normalized spacial score (nSPS) is 11.5. The van der Waals surface area contributed by atoms with Crippen molar-refractivity contribution in [1.29, 1.82) is 0 Å². The Balaban J connectivity index is 1.61. The molecule has 0 spiro atoms. The number of hydrogen-bond acceptors (Lipinski definition) is 6. The van der Waals surface area contributed by atoms with Crippen molar-refractivity contribution in [3.63, 3.8) is 0 Å². The zero-order valence-corrected chi connectivity index (χ0v) is 14.5. The zero-order valence-electron chi connectivity index (χ0n) is 12.9. The summed E-state index contributed by atoms with van der Waals surface area (Å²) in [5.74, 6) is 0.501. The van der Waals surface area contributed by atoms with Gasteiger partial charge in [0.15, 0.2) is 0 Å². The number of thiazole rings is 1. The van der Waals surface area contributed by atoms with Crippen LogP contribution in [0, 0.1) is 0 Å². The van der Waals surface area contributed by atoms with Crippen LogP contribution in [-0.4, -0.2) is 36.8 Å². The number of benzene rings is 1. The first-order valence-corrected chi connectivity index (χ1v) is 9.53. The minimum Gasteiger partial charge on any atom is -0.497 e. The smallest absolute Gasteiger partial charge is 0.240 e. The first-order valence-electron chi connectivity index (χ1n) is 7.16. The SMILES string of the molecule is COc1cccc(S(=O)(=O)NCCc2csc(-n3cccn3)n2)c1. The summed E-state index contributed by atoms with van der Waals surface area (Å²) in [6, 6.07) is 8.18. The standard InChI is InChI=1S/C15H16N4O3S2/c1-22-13-4-2-5-14(10-13)24(20,21)17-8-6-12-11-23-15(18-12)19-9-3-7-16-19/h2-5,7,9-11,17H,6,8H2,1H3. The number of hydrogen-bond donors (Lipinski definition) is 1. The third-order valence-corrected chi connectivity index (χ3v) is 5.60. The van der Waals surface area contributed by atoms with Crippen molar-refractivity contribution in [2.75, 3.05) is 13.7 Å². The second-order valence-electron chi connectivity index (χ2n) is 4.90. The van der Waals surface area contributed by atoms with E-state index in [0.717, 1.165) is 10.8 Å². The monoisotopic (exact) mass is 364 g/mol. The molecule has 0 radical (unpaired) electrons. The molecule has 3 aromatic rings. The summed E-state index contributed by atoms with van der Waals surface area (Å²) in [4.78, 5) is 4.61. The number of aromatic nitrogens is 3. The fourth-order valence-corrected chi connectivity index (χ4v) is 3.93. The summed E-state index contributed by atoms with van der Waals surface area (Å²) in [6.45, 7) is 0.266. The van der Waals surface area contributed by atoms with E-state index in [1.54, 1.807) is 23.0 Å². The first-order chi connectivity index (χ1) is 11.6. The van der Waals surface area contributed by atoms with E-state index in [2.05, 4.69) is 14.8 Å². The lowest BCUT2D eigenvalue weighted by molar-refractivity contribution is 0.413. The zero-order chi connectivity index (χ0) is 17.0. The molecule has 0 amide bonds. The largest absolute Gasteiger partial charge is 0.497 e. The molecule has 7 nitrogen and oxygen atoms in total. The van der Waals surface area contributed by atoms with Gasteiger partial charge in [-0.05, 0) is 18.2 Å². The van der Waals surface area contributed by atoms with Gasteiger partial charge >= 0.3 is 0 Å². The van der Waals surface area contributed by atoms with E-state index >= 15 is 0 Å². The van der Waals surface area contributed by atoms with Gasteiger partial charge in [-0.1, -0.05) is 6.07 Å². The lowest BCUT2D eigenvalue weighted by Crippen LogP contribution is -2.26. The Kier molecular flexibility index (Phi) is 4.93. The maximum atomic E-state index is 12.3. The van der Waals surface area contributed by atoms with E-state index < -0.39 is 10.0 Å². The summed E-state index contributed by atoms with van der Waals surface area (Å²) in [5, 5.41) is 6.77. The van der Waals surface area contributed by atoms with Crippen LogP contribution in [0.3, 0.4) is 0 Å². The van der Waals surface area contributed by atoms with Crippen molar-refractivity contribution in [2.24, 2.45) is 0 Å². The quantitative estimate of drug-likeness (QED) is 0.691. The Morgan fingerprint density at radius 1 is 1.33 bits per heavy atom. The van der Waals surface area contributed by atoms with Gasteiger partial charge in [-0.3, -0.25) is 0 Å². The number of ether oxygens (including phenoxy) is 1. The van der Waals surface area contributed by atoms with Gasteiger partial charge in [0, 0.05) is 36.8 Å². The molecular formula is C15H16N4O3S2. The van der Waals surface area contributed by atoms with E-state index in [0.29, 0.717) is 12.2 Å². The van der Waals surface area contributed by atoms with Gasteiger partial charge in [0.05, 0.1) is 17.7 Å². The summed E-state index contributed by atoms with van der Waals surface area (Å²) in [7, 11) is -2.07. The van der Waals surface area contributed by atoms with E-state index in [1.807, 2.05) is 17.6 Å². The highest BCUT2D eigenvalue weighted by atomic mass is 32.2. The fourth-order valence-electron chi connectivity index (χ4n) is 2.06. The molecule has 0 saturated heterocycles. The van der Waals surface area contributed by atoms with Crippen LogP contribution in [0.25, 0.3) is 5.13 Å². The molecule has 24 heavy (non-hydrogen) atoms. The van der Waals surface area contributed by atoms with Crippen LogP contribution in [0.4, 0.5) is 0 Å². The van der Waals surface area contributed by atoms with Crippen molar-refractivity contribution in [3.8, 4) is 10.9 Å². The lowest BCUT2D eigenvalue weighted by Gasteiger charge is -2.07. The van der Waals surface area contributed by atoms with E-state index in [1.165, 1.54) is 30.6 Å². The molecule has 2 heterocycles. The Bertz CT molecular complexity index is 904. The Morgan fingerprint density at radius 3 is 2.96 bits per heavy atom. The predicted octanol–water partition coefficient (Wildman–Crippen LogP) is 1.86. The molecule has 0 bridgehead atoms. The van der Waals surface area contributed by atoms with Gasteiger partial charge in [0.25, 0.3) is 0 Å². The molecule has 0 atom stereocenters. The number of rotatable bonds is 7. The Labute approximate surface area is 144 Å². The molecule has 0 unspecified atom stereocenters. The molecule has 3 rings (SSSR count). The minimum absolute atomic E-state index is 0.178. The average molecular weight is 364 g/mol. The Morgan fingerprint density at radius 2 is 2.21 bits per heavy atom. The maximum Gasteiger partial charge on any atom is 0.240 e. The molecule has 0 fully saturated rings. The highest BCUT2D eigenvalue weighted by molar-refractivity contribution is 7.89. The highest BCUT2D eigenvalue weighted by Gasteiger charge is 2.14. The maximum absolute atomic E-state index is 12.3. The summed E-state index contributed by atoms with van der Waals surface area (Å²) in [6.07, 6.45) is 4.00. The van der Waals surface area contributed by atoms with Crippen LogP contribution in [0.2, 0.25) is 0 Å². The topological polar surface area (TPSA) is 86.1 Å². The van der Waals surface area contributed by atoms with Gasteiger partial charge in [-0.25, -0.2) is 22.8 Å². The second-order valence-corrected chi connectivity index (χ2v) is 7.50. The van der Waals surface area contributed by atoms with Crippen LogP contribution in [0.1, 0.15) is 5.69 Å². The van der Waals surface area contributed by atoms with Crippen molar-refractivity contribution in [2.45, 2.75) is 11.3 Å². The minimum atomic E-state index is -3.57. The highest BCUT2D eigenvalue weighted by Crippen LogP contribution is 2.17. The fraction of sp³-hybridized carbons (Fsp3) is 0.200. The van der Waals surface area contributed by atoms with E-state index in [4.69, 9.17) is 4.74 Å². The van der Waals surface area contributed by atoms with Crippen molar-refractivity contribution in [1.82, 2.24) is 19.5 Å². The third kappa shape index (κ3) is 3.81. The van der Waals surface area contributed by atoms with Crippen LogP contribution < -0.4 is 9.46 Å². The lowest BCUT2D eigenvalue weighted by atomic mass is 10.3. The summed E-state index contributed by atoms with van der Waals surface area (Å²) in [5.41, 5.74) is 0.818. The summed E-state index contributed by atoms with van der Waals surface area (Å²) < 4.78 is 33.9. The summed E-state index contributed by atoms with van der Waals surface area (Å²) >= 11 is 1.46. The molecule has 1 N–H and O–H groups in total. The first kappa shape index (κ1) is 16.6. The van der Waals surface area contributed by atoms with Gasteiger partial charge in [-0.15, -0.1) is 11.3 Å². The van der Waals surface area contributed by atoms with Crippen LogP contribution in [0.5, 0.6) is 5.75 Å². The van der Waals surface area contributed by atoms with E-state index in [9.17, 15) is 8.42 Å². The molecular weight excluding hydrogens is 348 g/mol. The Hall–Kier alpha value is -2.23. The van der Waals surface area contributed by atoms with Crippen molar-refractivity contribution >= 4 is 21.4 Å². The van der Waals surface area contributed by atoms with Crippen LogP contribution >= 0.6 is 11.3 Å². The number of methoxy groups -OCH3 is 1. The molecule has 1 aromatic carbocycles.